The lowest BCUT2D eigenvalue weighted by Crippen LogP contribution is -2.39. The third-order valence-electron chi connectivity index (χ3n) is 4.02. The first-order chi connectivity index (χ1) is 11.2. The van der Waals surface area contributed by atoms with Crippen LogP contribution in [0.5, 0.6) is 5.88 Å². The zero-order valence-corrected chi connectivity index (χ0v) is 13.5. The van der Waals surface area contributed by atoms with Gasteiger partial charge in [0.1, 0.15) is 6.10 Å². The summed E-state index contributed by atoms with van der Waals surface area (Å²) in [4.78, 5) is 16.4. The molecule has 0 saturated heterocycles. The molecule has 5 heteroatoms. The van der Waals surface area contributed by atoms with E-state index in [1.54, 1.807) is 30.5 Å². The number of nitrogens with zero attached hydrogens (tertiary/aromatic N) is 1. The number of ether oxygens (including phenoxy) is 1. The molecule has 1 fully saturated rings. The van der Waals surface area contributed by atoms with Gasteiger partial charge in [0.25, 0.3) is 5.91 Å². The smallest absolute Gasteiger partial charge is 0.251 e. The summed E-state index contributed by atoms with van der Waals surface area (Å²) in [5.74, 6) is 0.598. The zero-order chi connectivity index (χ0) is 16.1. The first-order valence-corrected chi connectivity index (χ1v) is 8.22. The van der Waals surface area contributed by atoms with Gasteiger partial charge in [-0.2, -0.15) is 0 Å². The van der Waals surface area contributed by atoms with Gasteiger partial charge in [-0.15, -0.1) is 0 Å². The van der Waals surface area contributed by atoms with Crippen LogP contribution in [-0.4, -0.2) is 23.0 Å². The van der Waals surface area contributed by atoms with E-state index in [4.69, 9.17) is 16.3 Å². The molecule has 0 radical (unpaired) electrons. The molecular weight excluding hydrogens is 312 g/mol. The van der Waals surface area contributed by atoms with E-state index in [0.29, 0.717) is 16.5 Å². The van der Waals surface area contributed by atoms with Crippen LogP contribution in [-0.2, 0) is 0 Å². The van der Waals surface area contributed by atoms with Crippen LogP contribution in [0.15, 0.2) is 48.7 Å². The zero-order valence-electron chi connectivity index (χ0n) is 12.7. The topological polar surface area (TPSA) is 51.2 Å². The summed E-state index contributed by atoms with van der Waals surface area (Å²) < 4.78 is 5.87. The number of amides is 1. The molecule has 1 aliphatic carbocycles. The molecule has 1 aliphatic rings. The lowest BCUT2D eigenvalue weighted by Gasteiger charge is -2.29. The Balaban J connectivity index is 1.48. The predicted octanol–water partition coefficient (Wildman–Crippen LogP) is 3.86. The number of pyridine rings is 1. The monoisotopic (exact) mass is 330 g/mol. The summed E-state index contributed by atoms with van der Waals surface area (Å²) >= 11 is 5.93. The number of nitrogens with one attached hydrogen (secondary N) is 1. The van der Waals surface area contributed by atoms with Gasteiger partial charge in [-0.3, -0.25) is 4.79 Å². The lowest BCUT2D eigenvalue weighted by atomic mass is 9.92. The van der Waals surface area contributed by atoms with Crippen LogP contribution in [0, 0.1) is 0 Å². The van der Waals surface area contributed by atoms with E-state index in [1.807, 2.05) is 18.2 Å². The van der Waals surface area contributed by atoms with E-state index < -0.39 is 0 Å². The Morgan fingerprint density at radius 2 is 1.96 bits per heavy atom. The van der Waals surface area contributed by atoms with Crippen molar-refractivity contribution in [2.75, 3.05) is 0 Å². The fraction of sp³-hybridized carbons (Fsp3) is 0.333. The summed E-state index contributed by atoms with van der Waals surface area (Å²) in [6.07, 6.45) is 5.54. The highest BCUT2D eigenvalue weighted by molar-refractivity contribution is 6.30. The number of carbonyl (C=O) groups excluding carboxylic acids is 1. The van der Waals surface area contributed by atoms with Crippen LogP contribution in [0.2, 0.25) is 5.02 Å². The maximum Gasteiger partial charge on any atom is 0.251 e. The molecule has 1 aromatic carbocycles. The van der Waals surface area contributed by atoms with Crippen LogP contribution in [0.4, 0.5) is 0 Å². The Morgan fingerprint density at radius 3 is 2.65 bits per heavy atom. The maximum atomic E-state index is 12.2. The second-order valence-corrected chi connectivity index (χ2v) is 6.18. The molecule has 1 N–H and O–H groups in total. The van der Waals surface area contributed by atoms with Gasteiger partial charge in [0.2, 0.25) is 5.88 Å². The Hall–Kier alpha value is -2.07. The highest BCUT2D eigenvalue weighted by Gasteiger charge is 2.24. The molecule has 120 valence electrons. The summed E-state index contributed by atoms with van der Waals surface area (Å²) in [6, 6.07) is 12.9. The minimum atomic E-state index is -0.0680. The molecule has 1 amide bonds. The molecule has 1 aromatic heterocycles. The van der Waals surface area contributed by atoms with E-state index in [9.17, 15) is 4.79 Å². The van der Waals surface area contributed by atoms with Crippen LogP contribution in [0.25, 0.3) is 0 Å². The van der Waals surface area contributed by atoms with E-state index >= 15 is 0 Å². The fourth-order valence-corrected chi connectivity index (χ4v) is 3.00. The second kappa shape index (κ2) is 7.47. The average molecular weight is 331 g/mol. The lowest BCUT2D eigenvalue weighted by molar-refractivity contribution is 0.0890. The summed E-state index contributed by atoms with van der Waals surface area (Å²) in [5.41, 5.74) is 0.601. The Kier molecular flexibility index (Phi) is 5.13. The number of benzene rings is 1. The molecule has 1 heterocycles. The van der Waals surface area contributed by atoms with Gasteiger partial charge >= 0.3 is 0 Å². The van der Waals surface area contributed by atoms with Gasteiger partial charge in [0.05, 0.1) is 0 Å². The number of halogens is 1. The molecule has 1 saturated carbocycles. The van der Waals surface area contributed by atoms with Gasteiger partial charge in [0, 0.05) is 28.9 Å². The van der Waals surface area contributed by atoms with Gasteiger partial charge in [-0.25, -0.2) is 4.98 Å². The van der Waals surface area contributed by atoms with Crippen molar-refractivity contribution < 1.29 is 9.53 Å². The Labute approximate surface area is 140 Å². The molecular formula is C18H19ClN2O2. The third-order valence-corrected chi connectivity index (χ3v) is 4.26. The molecule has 3 rings (SSSR count). The van der Waals surface area contributed by atoms with Gasteiger partial charge < -0.3 is 10.1 Å². The molecule has 4 nitrogen and oxygen atoms in total. The van der Waals surface area contributed by atoms with Crippen LogP contribution in [0.1, 0.15) is 36.0 Å². The SMILES string of the molecule is O=C(NC1CCC(Oc2ccccn2)CC1)c1cccc(Cl)c1. The van der Waals surface area contributed by atoms with Crippen molar-refractivity contribution in [2.45, 2.75) is 37.8 Å². The standard InChI is InChI=1S/C18H19ClN2O2/c19-14-5-3-4-13(12-14)18(22)21-15-7-9-16(10-8-15)23-17-6-1-2-11-20-17/h1-6,11-12,15-16H,7-10H2,(H,21,22). The van der Waals surface area contributed by atoms with Crippen LogP contribution >= 0.6 is 11.6 Å². The number of hydrogen-bond acceptors (Lipinski definition) is 3. The minimum Gasteiger partial charge on any atom is -0.474 e. The predicted molar refractivity (Wildman–Crippen MR) is 89.8 cm³/mol. The number of hydrogen-bond donors (Lipinski definition) is 1. The highest BCUT2D eigenvalue weighted by atomic mass is 35.5. The first-order valence-electron chi connectivity index (χ1n) is 7.85. The van der Waals surface area contributed by atoms with Crippen molar-refractivity contribution in [1.29, 1.82) is 0 Å². The summed E-state index contributed by atoms with van der Waals surface area (Å²) in [6.45, 7) is 0. The van der Waals surface area contributed by atoms with Crippen molar-refractivity contribution in [3.8, 4) is 5.88 Å². The summed E-state index contributed by atoms with van der Waals surface area (Å²) in [5, 5.41) is 3.65. The van der Waals surface area contributed by atoms with Crippen LogP contribution in [0.3, 0.4) is 0 Å². The summed E-state index contributed by atoms with van der Waals surface area (Å²) in [7, 11) is 0. The largest absolute Gasteiger partial charge is 0.474 e. The molecule has 2 aromatic rings. The molecule has 0 atom stereocenters. The highest BCUT2D eigenvalue weighted by Crippen LogP contribution is 2.23. The molecule has 0 spiro atoms. The number of carbonyl (C=O) groups is 1. The van der Waals surface area contributed by atoms with Crippen molar-refractivity contribution >= 4 is 17.5 Å². The van der Waals surface area contributed by atoms with Crippen molar-refractivity contribution in [3.63, 3.8) is 0 Å². The normalized spacial score (nSPS) is 20.7. The van der Waals surface area contributed by atoms with E-state index in [2.05, 4.69) is 10.3 Å². The van der Waals surface area contributed by atoms with E-state index in [1.165, 1.54) is 0 Å². The van der Waals surface area contributed by atoms with Crippen LogP contribution < -0.4 is 10.1 Å². The first kappa shape index (κ1) is 15.8. The van der Waals surface area contributed by atoms with Crippen molar-refractivity contribution in [3.05, 3.63) is 59.2 Å². The van der Waals surface area contributed by atoms with Gasteiger partial charge in [-0.1, -0.05) is 23.7 Å². The third kappa shape index (κ3) is 4.45. The Bertz CT molecular complexity index is 655. The molecule has 0 bridgehead atoms. The van der Waals surface area contributed by atoms with E-state index in [0.717, 1.165) is 25.7 Å². The molecule has 0 unspecified atom stereocenters. The number of rotatable bonds is 4. The molecule has 0 aliphatic heterocycles. The van der Waals surface area contributed by atoms with Gasteiger partial charge in [0.15, 0.2) is 0 Å². The molecule has 23 heavy (non-hydrogen) atoms. The van der Waals surface area contributed by atoms with Crippen molar-refractivity contribution in [1.82, 2.24) is 10.3 Å². The average Bonchev–Trinajstić information content (AvgIpc) is 2.57. The quantitative estimate of drug-likeness (QED) is 0.926. The van der Waals surface area contributed by atoms with E-state index in [-0.39, 0.29) is 18.1 Å². The van der Waals surface area contributed by atoms with Crippen molar-refractivity contribution in [2.24, 2.45) is 0 Å². The fourth-order valence-electron chi connectivity index (χ4n) is 2.81. The second-order valence-electron chi connectivity index (χ2n) is 5.74. The number of aromatic nitrogens is 1. The van der Waals surface area contributed by atoms with Gasteiger partial charge in [-0.05, 0) is 49.9 Å². The minimum absolute atomic E-state index is 0.0680. The Morgan fingerprint density at radius 1 is 1.13 bits per heavy atom. The maximum absolute atomic E-state index is 12.2.